The van der Waals surface area contributed by atoms with E-state index in [1.807, 2.05) is 31.2 Å². The zero-order valence-electron chi connectivity index (χ0n) is 10.5. The molecule has 6 heteroatoms. The van der Waals surface area contributed by atoms with Crippen LogP contribution in [0.2, 0.25) is 0 Å². The number of hydrogen-bond donors (Lipinski definition) is 2. The number of aromatic carboxylic acids is 1. The summed E-state index contributed by atoms with van der Waals surface area (Å²) >= 11 is 4.79. The zero-order chi connectivity index (χ0) is 14.0. The van der Waals surface area contributed by atoms with Gasteiger partial charge in [-0.3, -0.25) is 0 Å². The first-order chi connectivity index (χ1) is 8.97. The minimum Gasteiger partial charge on any atom is -0.476 e. The van der Waals surface area contributed by atoms with Gasteiger partial charge in [0.15, 0.2) is 10.8 Å². The molecule has 0 radical (unpaired) electrons. The predicted molar refractivity (Wildman–Crippen MR) is 80.0 cm³/mol. The van der Waals surface area contributed by atoms with Crippen molar-refractivity contribution in [3.8, 4) is 0 Å². The highest BCUT2D eigenvalue weighted by Gasteiger charge is 2.15. The highest BCUT2D eigenvalue weighted by molar-refractivity contribution is 9.10. The first-order valence-electron chi connectivity index (χ1n) is 5.70. The van der Waals surface area contributed by atoms with Crippen molar-refractivity contribution in [3.63, 3.8) is 0 Å². The molecule has 0 aliphatic carbocycles. The van der Waals surface area contributed by atoms with Crippen molar-refractivity contribution in [1.82, 2.24) is 4.98 Å². The third-order valence-electron chi connectivity index (χ3n) is 2.69. The molecule has 1 unspecified atom stereocenters. The number of thiazole rings is 1. The molecule has 0 bridgehead atoms. The van der Waals surface area contributed by atoms with Gasteiger partial charge in [-0.25, -0.2) is 9.78 Å². The zero-order valence-corrected chi connectivity index (χ0v) is 12.9. The van der Waals surface area contributed by atoms with Crippen LogP contribution in [0.5, 0.6) is 0 Å². The predicted octanol–water partition coefficient (Wildman–Crippen LogP) is 4.09. The van der Waals surface area contributed by atoms with Crippen LogP contribution in [0.15, 0.2) is 28.7 Å². The maximum atomic E-state index is 10.9. The van der Waals surface area contributed by atoms with E-state index < -0.39 is 5.97 Å². The second kappa shape index (κ2) is 5.71. The summed E-state index contributed by atoms with van der Waals surface area (Å²) in [6.45, 7) is 3.77. The highest BCUT2D eigenvalue weighted by Crippen LogP contribution is 2.27. The van der Waals surface area contributed by atoms with Gasteiger partial charge in [-0.15, -0.1) is 11.3 Å². The number of carboxylic acid groups (broad SMARTS) is 1. The standard InChI is InChI=1S/C13H13BrN2O2S/c1-7(9-4-3-5-10(14)6-9)15-13-16-11(12(17)18)8(2)19-13/h3-7H,1-2H3,(H,15,16)(H,17,18). The maximum Gasteiger partial charge on any atom is 0.355 e. The van der Waals surface area contributed by atoms with Crippen molar-refractivity contribution in [2.75, 3.05) is 5.32 Å². The van der Waals surface area contributed by atoms with Gasteiger partial charge in [0.25, 0.3) is 0 Å². The normalized spacial score (nSPS) is 12.2. The molecule has 4 nitrogen and oxygen atoms in total. The second-order valence-electron chi connectivity index (χ2n) is 4.15. The maximum absolute atomic E-state index is 10.9. The Labute approximate surface area is 123 Å². The minimum atomic E-state index is -0.989. The number of aryl methyl sites for hydroxylation is 1. The van der Waals surface area contributed by atoms with E-state index in [0.717, 1.165) is 10.0 Å². The van der Waals surface area contributed by atoms with Crippen molar-refractivity contribution in [1.29, 1.82) is 0 Å². The number of nitrogens with zero attached hydrogens (tertiary/aromatic N) is 1. The fourth-order valence-electron chi connectivity index (χ4n) is 1.70. The average molecular weight is 341 g/mol. The lowest BCUT2D eigenvalue weighted by Crippen LogP contribution is -2.07. The van der Waals surface area contributed by atoms with Crippen molar-refractivity contribution < 1.29 is 9.90 Å². The van der Waals surface area contributed by atoms with Crippen LogP contribution >= 0.6 is 27.3 Å². The lowest BCUT2D eigenvalue weighted by molar-refractivity contribution is 0.0690. The molecule has 0 amide bonds. The van der Waals surface area contributed by atoms with Crippen LogP contribution in [0, 0.1) is 6.92 Å². The highest BCUT2D eigenvalue weighted by atomic mass is 79.9. The van der Waals surface area contributed by atoms with Gasteiger partial charge in [0.1, 0.15) is 0 Å². The second-order valence-corrected chi connectivity index (χ2v) is 6.27. The topological polar surface area (TPSA) is 62.2 Å². The molecule has 0 aliphatic heterocycles. The lowest BCUT2D eigenvalue weighted by atomic mass is 10.1. The number of rotatable bonds is 4. The number of halogens is 1. The van der Waals surface area contributed by atoms with E-state index in [4.69, 9.17) is 5.11 Å². The average Bonchev–Trinajstić information content (AvgIpc) is 2.70. The summed E-state index contributed by atoms with van der Waals surface area (Å²) < 4.78 is 1.01. The number of carbonyl (C=O) groups is 1. The number of benzene rings is 1. The molecule has 0 aliphatic rings. The minimum absolute atomic E-state index is 0.0599. The molecule has 0 fully saturated rings. The number of anilines is 1. The molecular weight excluding hydrogens is 328 g/mol. The van der Waals surface area contributed by atoms with Crippen LogP contribution in [0.4, 0.5) is 5.13 Å². The largest absolute Gasteiger partial charge is 0.476 e. The molecule has 19 heavy (non-hydrogen) atoms. The Morgan fingerprint density at radius 1 is 1.53 bits per heavy atom. The van der Waals surface area contributed by atoms with Gasteiger partial charge in [0.2, 0.25) is 0 Å². The van der Waals surface area contributed by atoms with Gasteiger partial charge in [0, 0.05) is 9.35 Å². The number of nitrogens with one attached hydrogen (secondary N) is 1. The van der Waals surface area contributed by atoms with Crippen molar-refractivity contribution in [2.45, 2.75) is 19.9 Å². The third-order valence-corrected chi connectivity index (χ3v) is 4.08. The Bertz CT molecular complexity index is 612. The molecule has 2 N–H and O–H groups in total. The summed E-state index contributed by atoms with van der Waals surface area (Å²) in [5.74, 6) is -0.989. The van der Waals surface area contributed by atoms with Gasteiger partial charge in [-0.05, 0) is 31.5 Å². The fraction of sp³-hybridized carbons (Fsp3) is 0.231. The fourth-order valence-corrected chi connectivity index (χ4v) is 3.01. The van der Waals surface area contributed by atoms with Crippen molar-refractivity contribution in [2.24, 2.45) is 0 Å². The number of hydrogen-bond acceptors (Lipinski definition) is 4. The Balaban J connectivity index is 2.17. The van der Waals surface area contributed by atoms with Crippen LogP contribution < -0.4 is 5.32 Å². The van der Waals surface area contributed by atoms with Gasteiger partial charge >= 0.3 is 5.97 Å². The summed E-state index contributed by atoms with van der Waals surface area (Å²) in [5, 5.41) is 12.8. The van der Waals surface area contributed by atoms with Gasteiger partial charge in [0.05, 0.1) is 6.04 Å². The first kappa shape index (κ1) is 14.0. The Kier molecular flexibility index (Phi) is 4.21. The summed E-state index contributed by atoms with van der Waals surface area (Å²) in [6, 6.07) is 8.03. The smallest absolute Gasteiger partial charge is 0.355 e. The van der Waals surface area contributed by atoms with E-state index in [1.54, 1.807) is 6.92 Å². The van der Waals surface area contributed by atoms with Crippen LogP contribution in [-0.2, 0) is 0 Å². The van der Waals surface area contributed by atoms with Crippen LogP contribution in [-0.4, -0.2) is 16.1 Å². The molecule has 1 atom stereocenters. The monoisotopic (exact) mass is 340 g/mol. The molecule has 0 saturated carbocycles. The van der Waals surface area contributed by atoms with Gasteiger partial charge < -0.3 is 10.4 Å². The molecule has 2 rings (SSSR count). The Morgan fingerprint density at radius 2 is 2.26 bits per heavy atom. The van der Waals surface area contributed by atoms with E-state index in [2.05, 4.69) is 26.2 Å². The van der Waals surface area contributed by atoms with Gasteiger partial charge in [-0.2, -0.15) is 0 Å². The molecule has 100 valence electrons. The van der Waals surface area contributed by atoms with Crippen LogP contribution in [0.3, 0.4) is 0 Å². The Hall–Kier alpha value is -1.40. The molecule has 2 aromatic rings. The van der Waals surface area contributed by atoms with E-state index in [0.29, 0.717) is 10.0 Å². The number of aromatic nitrogens is 1. The SMILES string of the molecule is Cc1sc(NC(C)c2cccc(Br)c2)nc1C(=O)O. The third kappa shape index (κ3) is 3.33. The molecule has 1 aromatic heterocycles. The number of carboxylic acids is 1. The Morgan fingerprint density at radius 3 is 2.84 bits per heavy atom. The summed E-state index contributed by atoms with van der Waals surface area (Å²) in [4.78, 5) is 15.7. The molecule has 0 spiro atoms. The van der Waals surface area contributed by atoms with E-state index in [9.17, 15) is 4.79 Å². The van der Waals surface area contributed by atoms with Gasteiger partial charge in [-0.1, -0.05) is 28.1 Å². The van der Waals surface area contributed by atoms with E-state index in [1.165, 1.54) is 11.3 Å². The molecule has 1 aromatic carbocycles. The summed E-state index contributed by atoms with van der Waals surface area (Å²) in [5.41, 5.74) is 1.23. The summed E-state index contributed by atoms with van der Waals surface area (Å²) in [7, 11) is 0. The van der Waals surface area contributed by atoms with E-state index >= 15 is 0 Å². The lowest BCUT2D eigenvalue weighted by Gasteiger charge is -2.13. The quantitative estimate of drug-likeness (QED) is 0.879. The molecule has 0 saturated heterocycles. The summed E-state index contributed by atoms with van der Waals surface area (Å²) in [6.07, 6.45) is 0. The molecular formula is C13H13BrN2O2S. The molecule has 1 heterocycles. The first-order valence-corrected chi connectivity index (χ1v) is 7.31. The van der Waals surface area contributed by atoms with E-state index in [-0.39, 0.29) is 11.7 Å². The van der Waals surface area contributed by atoms with Crippen molar-refractivity contribution in [3.05, 3.63) is 44.9 Å². The van der Waals surface area contributed by atoms with Crippen LogP contribution in [0.1, 0.15) is 33.9 Å². The van der Waals surface area contributed by atoms with Crippen LogP contribution in [0.25, 0.3) is 0 Å². The van der Waals surface area contributed by atoms with Crippen molar-refractivity contribution >= 4 is 38.4 Å².